The Morgan fingerprint density at radius 1 is 1.17 bits per heavy atom. The number of hydrogen-bond donors (Lipinski definition) is 1. The standard InChI is InChI=1S/C21H25ClN2O4S/c1-4-29(26,27)24-8-7-16-5-6-18(11-17(16)12-24)23-20(25)13-28-19-9-14(2)21(22)15(3)10-19/h5-6,9-11H,4,7-8,12-13H2,1-3H3,(H,23,25). The van der Waals surface area contributed by atoms with Crippen molar-refractivity contribution in [2.24, 2.45) is 0 Å². The first kappa shape index (κ1) is 21.6. The van der Waals surface area contributed by atoms with E-state index in [-0.39, 0.29) is 18.3 Å². The van der Waals surface area contributed by atoms with Gasteiger partial charge in [-0.15, -0.1) is 0 Å². The molecule has 0 saturated carbocycles. The average molecular weight is 437 g/mol. The Balaban J connectivity index is 1.64. The highest BCUT2D eigenvalue weighted by Crippen LogP contribution is 2.26. The predicted molar refractivity (Wildman–Crippen MR) is 115 cm³/mol. The van der Waals surface area contributed by atoms with Gasteiger partial charge in [-0.2, -0.15) is 4.31 Å². The predicted octanol–water partition coefficient (Wildman–Crippen LogP) is 3.68. The number of carbonyl (C=O) groups excluding carboxylic acids is 1. The normalized spacial score (nSPS) is 14.3. The summed E-state index contributed by atoms with van der Waals surface area (Å²) in [5.74, 6) is 0.384. The van der Waals surface area contributed by atoms with E-state index < -0.39 is 10.0 Å². The van der Waals surface area contributed by atoms with Crippen LogP contribution in [-0.4, -0.2) is 37.5 Å². The second-order valence-corrected chi connectivity index (χ2v) is 9.81. The van der Waals surface area contributed by atoms with Crippen molar-refractivity contribution in [2.45, 2.75) is 33.7 Å². The Morgan fingerprint density at radius 2 is 1.86 bits per heavy atom. The molecule has 3 rings (SSSR count). The van der Waals surface area contributed by atoms with Crippen LogP contribution in [0.15, 0.2) is 30.3 Å². The van der Waals surface area contributed by atoms with Crippen molar-refractivity contribution < 1.29 is 17.9 Å². The number of fused-ring (bicyclic) bond motifs is 1. The number of amides is 1. The summed E-state index contributed by atoms with van der Waals surface area (Å²) in [6, 6.07) is 9.20. The zero-order chi connectivity index (χ0) is 21.2. The van der Waals surface area contributed by atoms with Gasteiger partial charge in [0.15, 0.2) is 6.61 Å². The molecule has 0 aliphatic carbocycles. The molecule has 1 aliphatic heterocycles. The second kappa shape index (κ2) is 8.73. The lowest BCUT2D eigenvalue weighted by atomic mass is 10.0. The molecule has 0 radical (unpaired) electrons. The van der Waals surface area contributed by atoms with Gasteiger partial charge < -0.3 is 10.1 Å². The first-order chi connectivity index (χ1) is 13.7. The Hall–Kier alpha value is -2.09. The van der Waals surface area contributed by atoms with E-state index in [1.54, 1.807) is 19.1 Å². The highest BCUT2D eigenvalue weighted by Gasteiger charge is 2.25. The van der Waals surface area contributed by atoms with Crippen molar-refractivity contribution in [1.29, 1.82) is 0 Å². The van der Waals surface area contributed by atoms with Crippen molar-refractivity contribution in [2.75, 3.05) is 24.2 Å². The van der Waals surface area contributed by atoms with E-state index in [2.05, 4.69) is 5.32 Å². The van der Waals surface area contributed by atoms with E-state index in [9.17, 15) is 13.2 Å². The highest BCUT2D eigenvalue weighted by molar-refractivity contribution is 7.89. The number of hydrogen-bond acceptors (Lipinski definition) is 4. The maximum absolute atomic E-state index is 12.3. The van der Waals surface area contributed by atoms with Gasteiger partial charge >= 0.3 is 0 Å². The summed E-state index contributed by atoms with van der Waals surface area (Å²) in [4.78, 5) is 12.3. The lowest BCUT2D eigenvalue weighted by Crippen LogP contribution is -2.36. The number of halogens is 1. The fourth-order valence-electron chi connectivity index (χ4n) is 3.36. The fourth-order valence-corrected chi connectivity index (χ4v) is 4.54. The van der Waals surface area contributed by atoms with Gasteiger partial charge in [0.25, 0.3) is 5.91 Å². The SMILES string of the molecule is CCS(=O)(=O)N1CCc2ccc(NC(=O)COc3cc(C)c(Cl)c(C)c3)cc2C1. The lowest BCUT2D eigenvalue weighted by Gasteiger charge is -2.28. The van der Waals surface area contributed by atoms with Crippen LogP contribution in [0.25, 0.3) is 0 Å². The number of sulfonamides is 1. The van der Waals surface area contributed by atoms with E-state index in [4.69, 9.17) is 16.3 Å². The minimum Gasteiger partial charge on any atom is -0.484 e. The van der Waals surface area contributed by atoms with Gasteiger partial charge in [-0.25, -0.2) is 8.42 Å². The van der Waals surface area contributed by atoms with Gasteiger partial charge in [0, 0.05) is 23.8 Å². The van der Waals surface area contributed by atoms with Crippen molar-refractivity contribution in [3.63, 3.8) is 0 Å². The van der Waals surface area contributed by atoms with Crippen LogP contribution >= 0.6 is 11.6 Å². The molecule has 1 aliphatic rings. The minimum atomic E-state index is -3.23. The maximum atomic E-state index is 12.3. The molecule has 156 valence electrons. The average Bonchev–Trinajstić information content (AvgIpc) is 2.69. The molecule has 1 N–H and O–H groups in total. The summed E-state index contributed by atoms with van der Waals surface area (Å²) in [5, 5.41) is 3.50. The van der Waals surface area contributed by atoms with Gasteiger partial charge in [0.2, 0.25) is 10.0 Å². The van der Waals surface area contributed by atoms with Crippen molar-refractivity contribution >= 4 is 33.2 Å². The molecule has 0 saturated heterocycles. The number of anilines is 1. The summed E-state index contributed by atoms with van der Waals surface area (Å²) in [6.07, 6.45) is 0.668. The van der Waals surface area contributed by atoms with Crippen molar-refractivity contribution in [3.8, 4) is 5.75 Å². The first-order valence-electron chi connectivity index (χ1n) is 9.48. The Morgan fingerprint density at radius 3 is 2.52 bits per heavy atom. The fraction of sp³-hybridized carbons (Fsp3) is 0.381. The second-order valence-electron chi connectivity index (χ2n) is 7.18. The van der Waals surface area contributed by atoms with Gasteiger partial charge in [-0.3, -0.25) is 4.79 Å². The van der Waals surface area contributed by atoms with E-state index in [0.717, 1.165) is 22.3 Å². The molecule has 0 aromatic heterocycles. The molecular weight excluding hydrogens is 412 g/mol. The number of benzene rings is 2. The molecule has 2 aromatic rings. The molecule has 1 amide bonds. The first-order valence-corrected chi connectivity index (χ1v) is 11.5. The van der Waals surface area contributed by atoms with E-state index in [1.807, 2.05) is 32.0 Å². The van der Waals surface area contributed by atoms with Crippen LogP contribution in [-0.2, 0) is 27.8 Å². The topological polar surface area (TPSA) is 75.7 Å². The Kier molecular flexibility index (Phi) is 6.51. The zero-order valence-corrected chi connectivity index (χ0v) is 18.4. The molecule has 0 fully saturated rings. The smallest absolute Gasteiger partial charge is 0.262 e. The van der Waals surface area contributed by atoms with Gasteiger partial charge in [-0.1, -0.05) is 17.7 Å². The van der Waals surface area contributed by atoms with Crippen LogP contribution in [0.5, 0.6) is 5.75 Å². The molecule has 0 atom stereocenters. The summed E-state index contributed by atoms with van der Waals surface area (Å²) < 4.78 is 31.4. The third kappa shape index (κ3) is 5.10. The zero-order valence-electron chi connectivity index (χ0n) is 16.8. The van der Waals surface area contributed by atoms with E-state index in [1.165, 1.54) is 4.31 Å². The maximum Gasteiger partial charge on any atom is 0.262 e. The third-order valence-corrected chi connectivity index (χ3v) is 7.43. The van der Waals surface area contributed by atoms with E-state index >= 15 is 0 Å². The van der Waals surface area contributed by atoms with Crippen LogP contribution in [0.2, 0.25) is 5.02 Å². The van der Waals surface area contributed by atoms with Crippen LogP contribution in [0.4, 0.5) is 5.69 Å². The Labute approximate surface area is 176 Å². The molecule has 0 bridgehead atoms. The molecule has 0 spiro atoms. The summed E-state index contributed by atoms with van der Waals surface area (Å²) in [7, 11) is -3.23. The molecular formula is C21H25ClN2O4S. The number of nitrogens with zero attached hydrogens (tertiary/aromatic N) is 1. The number of carbonyl (C=O) groups is 1. The molecule has 0 unspecified atom stereocenters. The van der Waals surface area contributed by atoms with Crippen LogP contribution in [0.1, 0.15) is 29.2 Å². The molecule has 8 heteroatoms. The molecule has 6 nitrogen and oxygen atoms in total. The third-order valence-electron chi connectivity index (χ3n) is 5.01. The van der Waals surface area contributed by atoms with Crippen molar-refractivity contribution in [1.82, 2.24) is 4.31 Å². The van der Waals surface area contributed by atoms with E-state index in [0.29, 0.717) is 36.0 Å². The van der Waals surface area contributed by atoms with Crippen molar-refractivity contribution in [3.05, 3.63) is 57.6 Å². The lowest BCUT2D eigenvalue weighted by molar-refractivity contribution is -0.118. The highest BCUT2D eigenvalue weighted by atomic mass is 35.5. The molecule has 29 heavy (non-hydrogen) atoms. The van der Waals surface area contributed by atoms with Gasteiger partial charge in [0.05, 0.1) is 5.75 Å². The van der Waals surface area contributed by atoms with Gasteiger partial charge in [-0.05, 0) is 73.7 Å². The van der Waals surface area contributed by atoms with Crippen LogP contribution in [0.3, 0.4) is 0 Å². The quantitative estimate of drug-likeness (QED) is 0.749. The van der Waals surface area contributed by atoms with Gasteiger partial charge in [0.1, 0.15) is 5.75 Å². The molecule has 2 aromatic carbocycles. The number of rotatable bonds is 6. The Bertz CT molecular complexity index is 1010. The number of ether oxygens (including phenoxy) is 1. The largest absolute Gasteiger partial charge is 0.484 e. The van der Waals surface area contributed by atoms with Crippen LogP contribution < -0.4 is 10.1 Å². The number of nitrogens with one attached hydrogen (secondary N) is 1. The van der Waals surface area contributed by atoms with Crippen LogP contribution in [0, 0.1) is 13.8 Å². The summed E-state index contributed by atoms with van der Waals surface area (Å²) in [5.41, 5.74) is 4.42. The summed E-state index contributed by atoms with van der Waals surface area (Å²) in [6.45, 7) is 6.10. The monoisotopic (exact) mass is 436 g/mol. The minimum absolute atomic E-state index is 0.0831. The molecule has 1 heterocycles. The number of aryl methyl sites for hydroxylation is 2. The summed E-state index contributed by atoms with van der Waals surface area (Å²) >= 11 is 6.15.